The molecule has 0 aliphatic rings. The van der Waals surface area contributed by atoms with Crippen molar-refractivity contribution in [2.24, 2.45) is 4.99 Å². The first-order valence-corrected chi connectivity index (χ1v) is 5.76. The van der Waals surface area contributed by atoms with E-state index in [-0.39, 0.29) is 0 Å². The van der Waals surface area contributed by atoms with E-state index in [1.54, 1.807) is 0 Å². The number of hydrogen-bond donors (Lipinski definition) is 1. The highest BCUT2D eigenvalue weighted by molar-refractivity contribution is 5.86. The maximum absolute atomic E-state index is 4.42. The van der Waals surface area contributed by atoms with Gasteiger partial charge in [-0.3, -0.25) is 4.99 Å². The summed E-state index contributed by atoms with van der Waals surface area (Å²) in [7, 11) is 0. The van der Waals surface area contributed by atoms with Gasteiger partial charge in [-0.1, -0.05) is 36.4 Å². The standard InChI is InChI=1S/C14H12N4/c1-2-4-11(5-3-1)9-15-10-12-6-7-13-14(8-12)17-18-16-13/h1-8,10H,9H2,(H,16,17,18). The minimum absolute atomic E-state index is 0.692. The zero-order valence-corrected chi connectivity index (χ0v) is 9.74. The Morgan fingerprint density at radius 3 is 2.72 bits per heavy atom. The highest BCUT2D eigenvalue weighted by Gasteiger charge is 1.97. The molecule has 0 saturated heterocycles. The van der Waals surface area contributed by atoms with E-state index in [0.29, 0.717) is 6.54 Å². The Labute approximate surface area is 104 Å². The summed E-state index contributed by atoms with van der Waals surface area (Å²) in [5.74, 6) is 0. The van der Waals surface area contributed by atoms with Crippen molar-refractivity contribution in [3.05, 3.63) is 59.7 Å². The lowest BCUT2D eigenvalue weighted by Crippen LogP contribution is -1.84. The molecule has 18 heavy (non-hydrogen) atoms. The molecule has 0 radical (unpaired) electrons. The summed E-state index contributed by atoms with van der Waals surface area (Å²) in [6.45, 7) is 0.692. The zero-order valence-electron chi connectivity index (χ0n) is 9.74. The van der Waals surface area contributed by atoms with E-state index >= 15 is 0 Å². The first kappa shape index (κ1) is 10.7. The maximum atomic E-state index is 4.42. The highest BCUT2D eigenvalue weighted by atomic mass is 15.3. The molecule has 3 rings (SSSR count). The number of fused-ring (bicyclic) bond motifs is 1. The average Bonchev–Trinajstić information content (AvgIpc) is 2.87. The van der Waals surface area contributed by atoms with E-state index < -0.39 is 0 Å². The van der Waals surface area contributed by atoms with Crippen molar-refractivity contribution in [3.63, 3.8) is 0 Å². The Bertz CT molecular complexity index is 670. The van der Waals surface area contributed by atoms with Gasteiger partial charge in [0, 0.05) is 6.21 Å². The second-order valence-electron chi connectivity index (χ2n) is 4.03. The van der Waals surface area contributed by atoms with E-state index in [2.05, 4.69) is 32.5 Å². The summed E-state index contributed by atoms with van der Waals surface area (Å²) in [5, 5.41) is 10.7. The van der Waals surface area contributed by atoms with Crippen LogP contribution in [0.3, 0.4) is 0 Å². The fourth-order valence-corrected chi connectivity index (χ4v) is 1.78. The summed E-state index contributed by atoms with van der Waals surface area (Å²) < 4.78 is 0. The van der Waals surface area contributed by atoms with Crippen molar-refractivity contribution >= 4 is 17.2 Å². The number of hydrogen-bond acceptors (Lipinski definition) is 3. The molecule has 0 aliphatic heterocycles. The number of aromatic nitrogens is 3. The topological polar surface area (TPSA) is 53.9 Å². The molecule has 0 fully saturated rings. The van der Waals surface area contributed by atoms with E-state index in [1.807, 2.05) is 42.6 Å². The summed E-state index contributed by atoms with van der Waals surface area (Å²) in [6.07, 6.45) is 1.86. The van der Waals surface area contributed by atoms with Crippen LogP contribution in [0.5, 0.6) is 0 Å². The van der Waals surface area contributed by atoms with Crippen molar-refractivity contribution in [1.29, 1.82) is 0 Å². The van der Waals surface area contributed by atoms with Crippen molar-refractivity contribution in [2.45, 2.75) is 6.54 Å². The normalized spacial score (nSPS) is 11.3. The molecule has 1 N–H and O–H groups in total. The van der Waals surface area contributed by atoms with Crippen LogP contribution in [-0.2, 0) is 6.54 Å². The summed E-state index contributed by atoms with van der Waals surface area (Å²) in [5.41, 5.74) is 3.97. The molecule has 0 atom stereocenters. The molecule has 4 heteroatoms. The van der Waals surface area contributed by atoms with Crippen molar-refractivity contribution in [3.8, 4) is 0 Å². The van der Waals surface area contributed by atoms with Gasteiger partial charge in [-0.05, 0) is 23.3 Å². The van der Waals surface area contributed by atoms with Crippen LogP contribution in [0.25, 0.3) is 11.0 Å². The van der Waals surface area contributed by atoms with Gasteiger partial charge in [-0.15, -0.1) is 0 Å². The van der Waals surface area contributed by atoms with Crippen molar-refractivity contribution < 1.29 is 0 Å². The predicted octanol–water partition coefficient (Wildman–Crippen LogP) is 2.58. The Morgan fingerprint density at radius 1 is 1.00 bits per heavy atom. The summed E-state index contributed by atoms with van der Waals surface area (Å²) >= 11 is 0. The molecule has 0 amide bonds. The Kier molecular flexibility index (Phi) is 2.84. The van der Waals surface area contributed by atoms with Gasteiger partial charge in [0.05, 0.1) is 6.54 Å². The van der Waals surface area contributed by atoms with Gasteiger partial charge in [-0.2, -0.15) is 15.4 Å². The van der Waals surface area contributed by atoms with Gasteiger partial charge in [0.25, 0.3) is 0 Å². The minimum atomic E-state index is 0.692. The van der Waals surface area contributed by atoms with Crippen LogP contribution in [0.1, 0.15) is 11.1 Å². The van der Waals surface area contributed by atoms with Gasteiger partial charge in [0.2, 0.25) is 0 Å². The number of benzene rings is 2. The average molecular weight is 236 g/mol. The fraction of sp³-hybridized carbons (Fsp3) is 0.0714. The molecule has 4 nitrogen and oxygen atoms in total. The number of H-pyrrole nitrogens is 1. The van der Waals surface area contributed by atoms with Gasteiger partial charge in [-0.25, -0.2) is 0 Å². The van der Waals surface area contributed by atoms with Crippen LogP contribution in [-0.4, -0.2) is 21.6 Å². The third-order valence-corrected chi connectivity index (χ3v) is 2.70. The van der Waals surface area contributed by atoms with Crippen LogP contribution in [0, 0.1) is 0 Å². The quantitative estimate of drug-likeness (QED) is 0.710. The first-order valence-electron chi connectivity index (χ1n) is 5.76. The minimum Gasteiger partial charge on any atom is -0.288 e. The molecular weight excluding hydrogens is 224 g/mol. The second-order valence-corrected chi connectivity index (χ2v) is 4.03. The van der Waals surface area contributed by atoms with Gasteiger partial charge < -0.3 is 0 Å². The second kappa shape index (κ2) is 4.79. The molecular formula is C14H12N4. The molecule has 0 saturated carbocycles. The van der Waals surface area contributed by atoms with Gasteiger partial charge in [0.1, 0.15) is 11.0 Å². The fourth-order valence-electron chi connectivity index (χ4n) is 1.78. The Balaban J connectivity index is 1.75. The van der Waals surface area contributed by atoms with Crippen LogP contribution >= 0.6 is 0 Å². The smallest absolute Gasteiger partial charge is 0.113 e. The van der Waals surface area contributed by atoms with Crippen LogP contribution in [0.2, 0.25) is 0 Å². The lowest BCUT2D eigenvalue weighted by atomic mass is 10.2. The number of nitrogens with zero attached hydrogens (tertiary/aromatic N) is 3. The van der Waals surface area contributed by atoms with Crippen LogP contribution in [0.4, 0.5) is 0 Å². The van der Waals surface area contributed by atoms with E-state index in [1.165, 1.54) is 5.56 Å². The maximum Gasteiger partial charge on any atom is 0.113 e. The molecule has 3 aromatic rings. The predicted molar refractivity (Wildman–Crippen MR) is 71.6 cm³/mol. The van der Waals surface area contributed by atoms with E-state index in [4.69, 9.17) is 0 Å². The number of aromatic amines is 1. The SMILES string of the molecule is C(=NCc1ccccc1)c1ccc2n[nH]nc2c1. The zero-order chi connectivity index (χ0) is 12.2. The molecule has 2 aromatic carbocycles. The molecule has 0 spiro atoms. The molecule has 1 aromatic heterocycles. The molecule has 1 heterocycles. The Hall–Kier alpha value is -2.49. The van der Waals surface area contributed by atoms with Gasteiger partial charge in [0.15, 0.2) is 0 Å². The highest BCUT2D eigenvalue weighted by Crippen LogP contribution is 2.09. The third-order valence-electron chi connectivity index (χ3n) is 2.70. The number of rotatable bonds is 3. The number of aliphatic imine (C=N–C) groups is 1. The van der Waals surface area contributed by atoms with Gasteiger partial charge >= 0.3 is 0 Å². The summed E-state index contributed by atoms with van der Waals surface area (Å²) in [6, 6.07) is 16.1. The number of nitrogens with one attached hydrogen (secondary N) is 1. The van der Waals surface area contributed by atoms with E-state index in [0.717, 1.165) is 16.6 Å². The molecule has 0 bridgehead atoms. The van der Waals surface area contributed by atoms with E-state index in [9.17, 15) is 0 Å². The molecule has 88 valence electrons. The van der Waals surface area contributed by atoms with Crippen molar-refractivity contribution in [1.82, 2.24) is 15.4 Å². The van der Waals surface area contributed by atoms with Crippen molar-refractivity contribution in [2.75, 3.05) is 0 Å². The largest absolute Gasteiger partial charge is 0.288 e. The lowest BCUT2D eigenvalue weighted by molar-refractivity contribution is 0.959. The Morgan fingerprint density at radius 2 is 1.83 bits per heavy atom. The summed E-state index contributed by atoms with van der Waals surface area (Å²) in [4.78, 5) is 4.42. The third kappa shape index (κ3) is 2.27. The van der Waals surface area contributed by atoms with Crippen LogP contribution < -0.4 is 0 Å². The first-order chi connectivity index (χ1) is 8.92. The molecule has 0 unspecified atom stereocenters. The lowest BCUT2D eigenvalue weighted by Gasteiger charge is -1.95. The monoisotopic (exact) mass is 236 g/mol. The van der Waals surface area contributed by atoms with Crippen LogP contribution in [0.15, 0.2) is 53.5 Å². The molecule has 0 aliphatic carbocycles.